The van der Waals surface area contributed by atoms with Gasteiger partial charge in [-0.15, -0.1) is 0 Å². The molecule has 1 N–H and O–H groups in total. The Kier molecular flexibility index (Phi) is 4.19. The molecule has 1 fully saturated rings. The van der Waals surface area contributed by atoms with Crippen LogP contribution in [0.5, 0.6) is 0 Å². The minimum atomic E-state index is 0.00556. The second-order valence-corrected chi connectivity index (χ2v) is 7.28. The lowest BCUT2D eigenvalue weighted by atomic mass is 9.96. The van der Waals surface area contributed by atoms with Crippen molar-refractivity contribution in [3.63, 3.8) is 0 Å². The first-order chi connectivity index (χ1) is 12.6. The Morgan fingerprint density at radius 2 is 1.92 bits per heavy atom. The fourth-order valence-corrected chi connectivity index (χ4v) is 3.69. The number of hydrogen-bond acceptors (Lipinski definition) is 2. The number of amides is 1. The van der Waals surface area contributed by atoms with E-state index in [1.165, 1.54) is 5.56 Å². The zero-order valence-electron chi connectivity index (χ0n) is 15.3. The van der Waals surface area contributed by atoms with E-state index in [0.717, 1.165) is 35.6 Å². The van der Waals surface area contributed by atoms with Crippen LogP contribution in [-0.4, -0.2) is 17.0 Å². The van der Waals surface area contributed by atoms with E-state index in [9.17, 15) is 4.79 Å². The molecule has 0 radical (unpaired) electrons. The van der Waals surface area contributed by atoms with E-state index in [4.69, 9.17) is 4.42 Å². The predicted octanol–water partition coefficient (Wildman–Crippen LogP) is 4.21. The molecule has 0 aliphatic heterocycles. The lowest BCUT2D eigenvalue weighted by Gasteiger charge is -2.16. The lowest BCUT2D eigenvalue weighted by molar-refractivity contribution is 0.0949. The van der Waals surface area contributed by atoms with Crippen LogP contribution in [0.1, 0.15) is 45.9 Å². The van der Waals surface area contributed by atoms with Gasteiger partial charge in [0.15, 0.2) is 0 Å². The minimum Gasteiger partial charge on any atom is -0.467 e. The molecule has 1 saturated carbocycles. The second kappa shape index (κ2) is 6.52. The number of carbonyl (C=O) groups excluding carboxylic acids is 1. The van der Waals surface area contributed by atoms with Gasteiger partial charge >= 0.3 is 0 Å². The molecule has 4 heteroatoms. The molecule has 2 heterocycles. The Hall–Kier alpha value is -2.75. The largest absolute Gasteiger partial charge is 0.467 e. The van der Waals surface area contributed by atoms with Crippen molar-refractivity contribution in [1.82, 2.24) is 9.88 Å². The van der Waals surface area contributed by atoms with Crippen molar-refractivity contribution < 1.29 is 9.21 Å². The summed E-state index contributed by atoms with van der Waals surface area (Å²) in [5, 5.41) is 3.16. The Balaban J connectivity index is 1.47. The number of rotatable bonds is 6. The van der Waals surface area contributed by atoms with Crippen molar-refractivity contribution in [3.05, 3.63) is 83.1 Å². The smallest absolute Gasteiger partial charge is 0.253 e. The molecule has 1 aromatic carbocycles. The topological polar surface area (TPSA) is 47.2 Å². The highest BCUT2D eigenvalue weighted by Crippen LogP contribution is 2.47. The highest BCUT2D eigenvalue weighted by Gasteiger charge is 2.44. The molecule has 134 valence electrons. The summed E-state index contributed by atoms with van der Waals surface area (Å²) in [6, 6.07) is 16.3. The van der Waals surface area contributed by atoms with Gasteiger partial charge in [-0.2, -0.15) is 0 Å². The van der Waals surface area contributed by atoms with E-state index in [2.05, 4.69) is 34.1 Å². The summed E-state index contributed by atoms with van der Waals surface area (Å²) in [5.41, 5.74) is 4.23. The van der Waals surface area contributed by atoms with Crippen LogP contribution in [-0.2, 0) is 12.0 Å². The fourth-order valence-electron chi connectivity index (χ4n) is 3.69. The molecule has 0 atom stereocenters. The van der Waals surface area contributed by atoms with Crippen LogP contribution < -0.4 is 5.32 Å². The highest BCUT2D eigenvalue weighted by atomic mass is 16.3. The summed E-state index contributed by atoms with van der Waals surface area (Å²) >= 11 is 0. The van der Waals surface area contributed by atoms with Crippen LogP contribution in [0, 0.1) is 13.8 Å². The van der Waals surface area contributed by atoms with Gasteiger partial charge in [-0.1, -0.05) is 30.3 Å². The van der Waals surface area contributed by atoms with Crippen LogP contribution in [0.3, 0.4) is 0 Å². The molecule has 4 rings (SSSR count). The molecular weight excluding hydrogens is 324 g/mol. The molecular formula is C22H24N2O2. The molecule has 0 unspecified atom stereocenters. The minimum absolute atomic E-state index is 0.00556. The zero-order chi connectivity index (χ0) is 18.1. The number of benzene rings is 1. The highest BCUT2D eigenvalue weighted by molar-refractivity contribution is 5.95. The van der Waals surface area contributed by atoms with Gasteiger partial charge < -0.3 is 14.3 Å². The third-order valence-corrected chi connectivity index (χ3v) is 5.54. The van der Waals surface area contributed by atoms with Gasteiger partial charge in [-0.05, 0) is 50.5 Å². The maximum absolute atomic E-state index is 12.8. The maximum Gasteiger partial charge on any atom is 0.253 e. The van der Waals surface area contributed by atoms with Gasteiger partial charge in [0, 0.05) is 23.3 Å². The standard InChI is InChI=1S/C22H24N2O2/c1-16-13-20(17(2)24(16)14-19-9-6-12-26-19)21(25)23-15-22(10-11-22)18-7-4-3-5-8-18/h3-9,12-13H,10-11,14-15H2,1-2H3,(H,23,25). The van der Waals surface area contributed by atoms with Gasteiger partial charge in [-0.3, -0.25) is 4.79 Å². The van der Waals surface area contributed by atoms with Crippen molar-refractivity contribution in [2.24, 2.45) is 0 Å². The number of carbonyl (C=O) groups is 1. The van der Waals surface area contributed by atoms with Crippen molar-refractivity contribution in [2.45, 2.75) is 38.6 Å². The van der Waals surface area contributed by atoms with Crippen LogP contribution >= 0.6 is 0 Å². The van der Waals surface area contributed by atoms with E-state index in [-0.39, 0.29) is 11.3 Å². The molecule has 0 bridgehead atoms. The molecule has 1 amide bonds. The first-order valence-corrected chi connectivity index (χ1v) is 9.12. The molecule has 1 aliphatic carbocycles. The Morgan fingerprint density at radius 3 is 2.58 bits per heavy atom. The van der Waals surface area contributed by atoms with Crippen LogP contribution in [0.15, 0.2) is 59.2 Å². The van der Waals surface area contributed by atoms with Crippen molar-refractivity contribution in [3.8, 4) is 0 Å². The predicted molar refractivity (Wildman–Crippen MR) is 101 cm³/mol. The van der Waals surface area contributed by atoms with Crippen LogP contribution in [0.2, 0.25) is 0 Å². The van der Waals surface area contributed by atoms with E-state index in [1.807, 2.05) is 38.1 Å². The Labute approximate surface area is 153 Å². The number of hydrogen-bond donors (Lipinski definition) is 1. The summed E-state index contributed by atoms with van der Waals surface area (Å²) in [5.74, 6) is 0.894. The molecule has 1 aliphatic rings. The number of aryl methyl sites for hydroxylation is 1. The number of nitrogens with one attached hydrogen (secondary N) is 1. The summed E-state index contributed by atoms with van der Waals surface area (Å²) in [6.45, 7) is 5.36. The van der Waals surface area contributed by atoms with Gasteiger partial charge in [0.25, 0.3) is 5.91 Å². The number of aromatic nitrogens is 1. The maximum atomic E-state index is 12.8. The van der Waals surface area contributed by atoms with E-state index < -0.39 is 0 Å². The molecule has 0 spiro atoms. The summed E-state index contributed by atoms with van der Waals surface area (Å²) in [4.78, 5) is 12.8. The van der Waals surface area contributed by atoms with Gasteiger partial charge in [0.05, 0.1) is 18.4 Å². The number of nitrogens with zero attached hydrogens (tertiary/aromatic N) is 1. The van der Waals surface area contributed by atoms with Gasteiger partial charge in [0.2, 0.25) is 0 Å². The third kappa shape index (κ3) is 3.07. The monoisotopic (exact) mass is 348 g/mol. The molecule has 26 heavy (non-hydrogen) atoms. The lowest BCUT2D eigenvalue weighted by Crippen LogP contribution is -2.32. The van der Waals surface area contributed by atoms with E-state index in [0.29, 0.717) is 13.1 Å². The van der Waals surface area contributed by atoms with Gasteiger partial charge in [0.1, 0.15) is 5.76 Å². The fraction of sp³-hybridized carbons (Fsp3) is 0.318. The van der Waals surface area contributed by atoms with Crippen molar-refractivity contribution >= 4 is 5.91 Å². The number of furan rings is 1. The third-order valence-electron chi connectivity index (χ3n) is 5.54. The first-order valence-electron chi connectivity index (χ1n) is 9.12. The second-order valence-electron chi connectivity index (χ2n) is 7.28. The van der Waals surface area contributed by atoms with Gasteiger partial charge in [-0.25, -0.2) is 0 Å². The molecule has 3 aromatic rings. The van der Waals surface area contributed by atoms with Crippen LogP contribution in [0.25, 0.3) is 0 Å². The normalized spacial score (nSPS) is 15.0. The van der Waals surface area contributed by atoms with Crippen molar-refractivity contribution in [1.29, 1.82) is 0 Å². The first kappa shape index (κ1) is 16.7. The zero-order valence-corrected chi connectivity index (χ0v) is 15.3. The summed E-state index contributed by atoms with van der Waals surface area (Å²) < 4.78 is 7.57. The van der Waals surface area contributed by atoms with Crippen molar-refractivity contribution in [2.75, 3.05) is 6.54 Å². The summed E-state index contributed by atoms with van der Waals surface area (Å²) in [6.07, 6.45) is 3.94. The molecule has 2 aromatic heterocycles. The van der Waals surface area contributed by atoms with Crippen LogP contribution in [0.4, 0.5) is 0 Å². The average Bonchev–Trinajstić information content (AvgIpc) is 3.18. The quantitative estimate of drug-likeness (QED) is 0.725. The summed E-state index contributed by atoms with van der Waals surface area (Å²) in [7, 11) is 0. The van der Waals surface area contributed by atoms with E-state index in [1.54, 1.807) is 6.26 Å². The molecule has 0 saturated heterocycles. The molecule has 4 nitrogen and oxygen atoms in total. The SMILES string of the molecule is Cc1cc(C(=O)NCC2(c3ccccc3)CC2)c(C)n1Cc1ccco1. The van der Waals surface area contributed by atoms with E-state index >= 15 is 0 Å². The Morgan fingerprint density at radius 1 is 1.15 bits per heavy atom. The Bertz CT molecular complexity index is 903. The average molecular weight is 348 g/mol.